The van der Waals surface area contributed by atoms with Crippen molar-refractivity contribution < 1.29 is 12.8 Å². The molecule has 4 aromatic rings. The van der Waals surface area contributed by atoms with Gasteiger partial charge >= 0.3 is 5.69 Å². The summed E-state index contributed by atoms with van der Waals surface area (Å²) in [6.07, 6.45) is 0. The summed E-state index contributed by atoms with van der Waals surface area (Å²) < 4.78 is 42.6. The summed E-state index contributed by atoms with van der Waals surface area (Å²) >= 11 is 1.96. The van der Waals surface area contributed by atoms with Gasteiger partial charge in [0, 0.05) is 16.2 Å². The molecule has 2 aromatic heterocycles. The Labute approximate surface area is 225 Å². The van der Waals surface area contributed by atoms with Crippen LogP contribution in [0.15, 0.2) is 56.8 Å². The second-order valence-electron chi connectivity index (χ2n) is 8.93. The average molecular weight is 638 g/mol. The lowest BCUT2D eigenvalue weighted by atomic mass is 10.1. The molecule has 2 N–H and O–H groups in total. The highest BCUT2D eigenvalue weighted by molar-refractivity contribution is 14.1. The Morgan fingerprint density at radius 3 is 2.46 bits per heavy atom. The number of aryl methyl sites for hydroxylation is 1. The average Bonchev–Trinajstić information content (AvgIpc) is 2.81. The van der Waals surface area contributed by atoms with Crippen molar-refractivity contribution in [3.05, 3.63) is 94.2 Å². The number of nitrogens with zero attached hydrogens (tertiary/aromatic N) is 2. The Kier molecular flexibility index (Phi) is 7.16. The fourth-order valence-electron chi connectivity index (χ4n) is 4.03. The van der Waals surface area contributed by atoms with Gasteiger partial charge < -0.3 is 5.32 Å². The first-order valence-electron chi connectivity index (χ1n) is 11.2. The number of fused-ring (bicyclic) bond motifs is 1. The summed E-state index contributed by atoms with van der Waals surface area (Å²) in [4.78, 5) is 41.6. The molecule has 12 heteroatoms. The van der Waals surface area contributed by atoms with Gasteiger partial charge in [0.1, 0.15) is 17.0 Å². The maximum absolute atomic E-state index is 14.6. The number of aromatic nitrogens is 3. The highest BCUT2D eigenvalue weighted by Gasteiger charge is 2.22. The zero-order valence-electron chi connectivity index (χ0n) is 20.4. The van der Waals surface area contributed by atoms with Crippen LogP contribution < -0.4 is 22.1 Å². The van der Waals surface area contributed by atoms with Crippen LogP contribution >= 0.6 is 22.6 Å². The minimum atomic E-state index is -3.42. The van der Waals surface area contributed by atoms with Crippen LogP contribution in [-0.2, 0) is 22.6 Å². The Bertz CT molecular complexity index is 1840. The molecule has 0 atom stereocenters. The zero-order valence-corrected chi connectivity index (χ0v) is 23.4. The molecule has 0 aliphatic rings. The summed E-state index contributed by atoms with van der Waals surface area (Å²) in [5, 5.41) is 2.22. The lowest BCUT2D eigenvalue weighted by Gasteiger charge is -2.19. The van der Waals surface area contributed by atoms with Crippen molar-refractivity contribution in [3.8, 4) is 5.69 Å². The maximum atomic E-state index is 14.6. The number of H-pyrrole nitrogens is 1. The number of halogens is 2. The van der Waals surface area contributed by atoms with Gasteiger partial charge in [-0.1, -0.05) is 12.1 Å². The van der Waals surface area contributed by atoms with Gasteiger partial charge in [0.05, 0.1) is 27.9 Å². The molecule has 0 amide bonds. The van der Waals surface area contributed by atoms with Gasteiger partial charge in [0.25, 0.3) is 11.1 Å². The van der Waals surface area contributed by atoms with Crippen LogP contribution in [0.2, 0.25) is 0 Å². The molecule has 0 radical (unpaired) electrons. The third-order valence-corrected chi connectivity index (χ3v) is 8.95. The van der Waals surface area contributed by atoms with Crippen LogP contribution in [0.1, 0.15) is 25.0 Å². The van der Waals surface area contributed by atoms with Crippen LogP contribution in [0.5, 0.6) is 0 Å². The lowest BCUT2D eigenvalue weighted by molar-refractivity contribution is 0.586. The van der Waals surface area contributed by atoms with E-state index in [1.165, 1.54) is 36.7 Å². The third-order valence-electron chi connectivity index (χ3n) is 6.10. The number of sulfone groups is 1. The summed E-state index contributed by atoms with van der Waals surface area (Å²) in [5.74, 6) is -0.829. The van der Waals surface area contributed by atoms with Gasteiger partial charge in [-0.05, 0) is 79.3 Å². The van der Waals surface area contributed by atoms with Gasteiger partial charge in [-0.25, -0.2) is 17.6 Å². The van der Waals surface area contributed by atoms with E-state index < -0.39 is 37.7 Å². The standard InChI is InChI=1S/C25H24FIN4O5S/c1-13(2)37(35,36)12-15-6-5-7-17(10-15)31-21-14(3)24(33)30(4)22(20(21)23(32)29-25(31)34)28-19-9-8-16(27)11-18(19)26/h5-11,13,28H,12H2,1-4H3,(H,29,32,34). The Hall–Kier alpha value is -3.26. The van der Waals surface area contributed by atoms with E-state index in [0.717, 1.165) is 4.57 Å². The molecule has 37 heavy (non-hydrogen) atoms. The van der Waals surface area contributed by atoms with Crippen molar-refractivity contribution >= 4 is 54.8 Å². The van der Waals surface area contributed by atoms with E-state index in [9.17, 15) is 27.2 Å². The second-order valence-corrected chi connectivity index (χ2v) is 12.7. The lowest BCUT2D eigenvalue weighted by Crippen LogP contribution is -2.34. The molecule has 0 aliphatic heterocycles. The van der Waals surface area contributed by atoms with E-state index in [-0.39, 0.29) is 39.4 Å². The second kappa shape index (κ2) is 9.89. The SMILES string of the molecule is Cc1c(=O)n(C)c(Nc2ccc(I)cc2F)c2c(=O)[nH]c(=O)n(-c3cccc(CS(=O)(=O)C(C)C)c3)c12. The number of aromatic amines is 1. The quantitative estimate of drug-likeness (QED) is 0.312. The van der Waals surface area contributed by atoms with Crippen molar-refractivity contribution in [1.29, 1.82) is 0 Å². The molecule has 0 unspecified atom stereocenters. The van der Waals surface area contributed by atoms with Gasteiger partial charge in [-0.2, -0.15) is 0 Å². The van der Waals surface area contributed by atoms with Gasteiger partial charge in [-0.3, -0.25) is 23.7 Å². The molecule has 2 aromatic carbocycles. The number of hydrogen-bond donors (Lipinski definition) is 2. The molecule has 0 saturated heterocycles. The number of anilines is 2. The fourth-order valence-corrected chi connectivity index (χ4v) is 5.46. The monoisotopic (exact) mass is 638 g/mol. The normalized spacial score (nSPS) is 11.9. The van der Waals surface area contributed by atoms with Gasteiger partial charge in [0.15, 0.2) is 9.84 Å². The largest absolute Gasteiger partial charge is 0.338 e. The van der Waals surface area contributed by atoms with Crippen molar-refractivity contribution in [2.75, 3.05) is 5.32 Å². The molecular weight excluding hydrogens is 614 g/mol. The van der Waals surface area contributed by atoms with E-state index in [1.807, 2.05) is 22.6 Å². The van der Waals surface area contributed by atoms with Crippen LogP contribution in [-0.4, -0.2) is 27.8 Å². The predicted molar refractivity (Wildman–Crippen MR) is 150 cm³/mol. The molecule has 0 fully saturated rings. The third kappa shape index (κ3) is 4.99. The number of nitrogens with one attached hydrogen (secondary N) is 2. The van der Waals surface area contributed by atoms with E-state index in [2.05, 4.69) is 10.3 Å². The first kappa shape index (κ1) is 26.8. The van der Waals surface area contributed by atoms with Crippen LogP contribution in [0.4, 0.5) is 15.9 Å². The summed E-state index contributed by atoms with van der Waals surface area (Å²) in [7, 11) is -1.98. The topological polar surface area (TPSA) is 123 Å². The van der Waals surface area contributed by atoms with E-state index in [4.69, 9.17) is 0 Å². The minimum absolute atomic E-state index is 0.000696. The van der Waals surface area contributed by atoms with E-state index >= 15 is 0 Å². The Morgan fingerprint density at radius 1 is 1.11 bits per heavy atom. The predicted octanol–water partition coefficient (Wildman–Crippen LogP) is 3.50. The van der Waals surface area contributed by atoms with Gasteiger partial charge in [-0.15, -0.1) is 0 Å². The molecule has 4 rings (SSSR count). The smallest absolute Gasteiger partial charge is 0.333 e. The number of rotatable bonds is 6. The first-order chi connectivity index (χ1) is 17.3. The van der Waals surface area contributed by atoms with Gasteiger partial charge in [0.2, 0.25) is 0 Å². The molecule has 194 valence electrons. The van der Waals surface area contributed by atoms with E-state index in [0.29, 0.717) is 9.13 Å². The van der Waals surface area contributed by atoms with Crippen LogP contribution in [0.25, 0.3) is 16.6 Å². The van der Waals surface area contributed by atoms with Crippen molar-refractivity contribution in [2.45, 2.75) is 31.8 Å². The highest BCUT2D eigenvalue weighted by atomic mass is 127. The fraction of sp³-hybridized carbons (Fsp3) is 0.240. The Morgan fingerprint density at radius 2 is 1.81 bits per heavy atom. The van der Waals surface area contributed by atoms with Crippen molar-refractivity contribution in [3.63, 3.8) is 0 Å². The number of hydrogen-bond acceptors (Lipinski definition) is 6. The molecule has 0 bridgehead atoms. The number of benzene rings is 2. The minimum Gasteiger partial charge on any atom is -0.338 e. The summed E-state index contributed by atoms with van der Waals surface area (Å²) in [6, 6.07) is 10.8. The van der Waals surface area contributed by atoms with Crippen molar-refractivity contribution in [2.24, 2.45) is 7.05 Å². The highest BCUT2D eigenvalue weighted by Crippen LogP contribution is 2.27. The molecule has 0 spiro atoms. The van der Waals surface area contributed by atoms with Crippen LogP contribution in [0, 0.1) is 16.3 Å². The molecule has 0 saturated carbocycles. The molecule has 9 nitrogen and oxygen atoms in total. The molecular formula is C25H24FIN4O5S. The Balaban J connectivity index is 2.03. The zero-order chi connectivity index (χ0) is 27.2. The molecule has 0 aliphatic carbocycles. The maximum Gasteiger partial charge on any atom is 0.333 e. The van der Waals surface area contributed by atoms with E-state index in [1.54, 1.807) is 38.1 Å². The first-order valence-corrected chi connectivity index (χ1v) is 14.0. The number of pyridine rings is 1. The summed E-state index contributed by atoms with van der Waals surface area (Å²) in [6.45, 7) is 4.66. The van der Waals surface area contributed by atoms with Crippen molar-refractivity contribution in [1.82, 2.24) is 14.1 Å². The summed E-state index contributed by atoms with van der Waals surface area (Å²) in [5.41, 5.74) is -1.16. The van der Waals surface area contributed by atoms with Crippen LogP contribution in [0.3, 0.4) is 0 Å². The molecule has 2 heterocycles.